The Balaban J connectivity index is 2.07. The van der Waals surface area contributed by atoms with Crippen LogP contribution in [0.15, 0.2) is 30.3 Å². The SMILES string of the molecule is CCC(c1ccccc1)C(O)C1CCCCC1. The molecular weight excluding hydrogens is 208 g/mol. The number of hydrogen-bond acceptors (Lipinski definition) is 1. The molecule has 1 aromatic rings. The maximum absolute atomic E-state index is 10.6. The van der Waals surface area contributed by atoms with Crippen molar-refractivity contribution in [2.75, 3.05) is 0 Å². The van der Waals surface area contributed by atoms with E-state index < -0.39 is 0 Å². The average molecular weight is 232 g/mol. The Hall–Kier alpha value is -0.820. The first-order valence-electron chi connectivity index (χ1n) is 7.06. The molecule has 2 unspecified atom stereocenters. The second-order valence-corrected chi connectivity index (χ2v) is 5.31. The Morgan fingerprint density at radius 3 is 2.35 bits per heavy atom. The molecule has 94 valence electrons. The molecule has 0 radical (unpaired) electrons. The molecular formula is C16H24O. The predicted molar refractivity (Wildman–Crippen MR) is 72.1 cm³/mol. The lowest BCUT2D eigenvalue weighted by Crippen LogP contribution is -2.29. The van der Waals surface area contributed by atoms with Gasteiger partial charge >= 0.3 is 0 Å². The van der Waals surface area contributed by atoms with Crippen molar-refractivity contribution < 1.29 is 5.11 Å². The van der Waals surface area contributed by atoms with Crippen molar-refractivity contribution in [1.29, 1.82) is 0 Å². The standard InChI is InChI=1S/C16H24O/c1-2-15(13-9-5-3-6-10-13)16(17)14-11-7-4-8-12-14/h3,5-6,9-10,14-17H,2,4,7-8,11-12H2,1H3. The van der Waals surface area contributed by atoms with Crippen molar-refractivity contribution in [3.63, 3.8) is 0 Å². The van der Waals surface area contributed by atoms with Crippen molar-refractivity contribution in [2.24, 2.45) is 5.92 Å². The smallest absolute Gasteiger partial charge is 0.0636 e. The Kier molecular flexibility index (Phi) is 4.61. The number of benzene rings is 1. The molecule has 0 spiro atoms. The van der Waals surface area contributed by atoms with Gasteiger partial charge in [-0.2, -0.15) is 0 Å². The number of hydrogen-bond donors (Lipinski definition) is 1. The molecule has 1 fully saturated rings. The van der Waals surface area contributed by atoms with Gasteiger partial charge in [0.05, 0.1) is 6.10 Å². The molecule has 1 saturated carbocycles. The van der Waals surface area contributed by atoms with E-state index in [1.54, 1.807) is 0 Å². The van der Waals surface area contributed by atoms with E-state index in [1.165, 1.54) is 37.7 Å². The highest BCUT2D eigenvalue weighted by molar-refractivity contribution is 5.20. The molecule has 2 atom stereocenters. The molecule has 1 N–H and O–H groups in total. The molecule has 0 heterocycles. The maximum Gasteiger partial charge on any atom is 0.0636 e. The van der Waals surface area contributed by atoms with Crippen LogP contribution >= 0.6 is 0 Å². The lowest BCUT2D eigenvalue weighted by Gasteiger charge is -2.32. The quantitative estimate of drug-likeness (QED) is 0.828. The summed E-state index contributed by atoms with van der Waals surface area (Å²) in [4.78, 5) is 0. The van der Waals surface area contributed by atoms with Gasteiger partial charge in [-0.25, -0.2) is 0 Å². The normalized spacial score (nSPS) is 21.1. The van der Waals surface area contributed by atoms with E-state index >= 15 is 0 Å². The van der Waals surface area contributed by atoms with Crippen molar-refractivity contribution in [2.45, 2.75) is 57.5 Å². The lowest BCUT2D eigenvalue weighted by atomic mass is 9.77. The van der Waals surface area contributed by atoms with Gasteiger partial charge in [-0.05, 0) is 30.7 Å². The molecule has 0 saturated heterocycles. The van der Waals surface area contributed by atoms with Gasteiger partial charge < -0.3 is 5.11 Å². The van der Waals surface area contributed by atoms with Crippen molar-refractivity contribution in [3.8, 4) is 0 Å². The monoisotopic (exact) mass is 232 g/mol. The van der Waals surface area contributed by atoms with Crippen LogP contribution in [0.2, 0.25) is 0 Å². The van der Waals surface area contributed by atoms with Gasteiger partial charge in [0.1, 0.15) is 0 Å². The van der Waals surface area contributed by atoms with E-state index in [-0.39, 0.29) is 6.10 Å². The van der Waals surface area contributed by atoms with Crippen molar-refractivity contribution in [1.82, 2.24) is 0 Å². The third kappa shape index (κ3) is 3.10. The van der Waals surface area contributed by atoms with Crippen LogP contribution < -0.4 is 0 Å². The van der Waals surface area contributed by atoms with Crippen LogP contribution in [0, 0.1) is 5.92 Å². The minimum Gasteiger partial charge on any atom is -0.392 e. The number of rotatable bonds is 4. The minimum absolute atomic E-state index is 0.150. The van der Waals surface area contributed by atoms with E-state index in [9.17, 15) is 5.11 Å². The summed E-state index contributed by atoms with van der Waals surface area (Å²) in [6.07, 6.45) is 7.25. The van der Waals surface area contributed by atoms with Crippen molar-refractivity contribution >= 4 is 0 Å². The fourth-order valence-electron chi connectivity index (χ4n) is 3.18. The highest BCUT2D eigenvalue weighted by Crippen LogP contribution is 2.34. The van der Waals surface area contributed by atoms with Gasteiger partial charge in [0, 0.05) is 5.92 Å². The largest absolute Gasteiger partial charge is 0.392 e. The first-order valence-corrected chi connectivity index (χ1v) is 7.06. The average Bonchev–Trinajstić information content (AvgIpc) is 2.42. The molecule has 1 aliphatic rings. The Morgan fingerprint density at radius 2 is 1.76 bits per heavy atom. The van der Waals surface area contributed by atoms with Gasteiger partial charge in [0.2, 0.25) is 0 Å². The van der Waals surface area contributed by atoms with E-state index in [2.05, 4.69) is 31.2 Å². The fraction of sp³-hybridized carbons (Fsp3) is 0.625. The molecule has 0 amide bonds. The van der Waals surface area contributed by atoms with E-state index in [1.807, 2.05) is 6.07 Å². The number of aliphatic hydroxyl groups is 1. The van der Waals surface area contributed by atoms with Crippen LogP contribution in [-0.2, 0) is 0 Å². The summed E-state index contributed by atoms with van der Waals surface area (Å²) < 4.78 is 0. The summed E-state index contributed by atoms with van der Waals surface area (Å²) in [7, 11) is 0. The zero-order valence-corrected chi connectivity index (χ0v) is 10.8. The zero-order chi connectivity index (χ0) is 12.1. The second kappa shape index (κ2) is 6.20. The molecule has 0 aliphatic heterocycles. The maximum atomic E-state index is 10.6. The molecule has 0 aromatic heterocycles. The molecule has 1 heteroatoms. The summed E-state index contributed by atoms with van der Waals surface area (Å²) in [6, 6.07) is 10.5. The summed E-state index contributed by atoms with van der Waals surface area (Å²) in [5.74, 6) is 0.841. The number of aliphatic hydroxyl groups excluding tert-OH is 1. The summed E-state index contributed by atoms with van der Waals surface area (Å²) >= 11 is 0. The minimum atomic E-state index is -0.150. The van der Waals surface area contributed by atoms with Crippen LogP contribution in [0.1, 0.15) is 56.9 Å². The van der Waals surface area contributed by atoms with Gasteiger partial charge in [-0.3, -0.25) is 0 Å². The summed E-state index contributed by atoms with van der Waals surface area (Å²) in [5, 5.41) is 10.6. The molecule has 2 rings (SSSR count). The van der Waals surface area contributed by atoms with E-state index in [0.717, 1.165) is 6.42 Å². The Labute approximate surface area is 105 Å². The van der Waals surface area contributed by atoms with E-state index in [4.69, 9.17) is 0 Å². The molecule has 0 bridgehead atoms. The fourth-order valence-corrected chi connectivity index (χ4v) is 3.18. The summed E-state index contributed by atoms with van der Waals surface area (Å²) in [6.45, 7) is 2.18. The molecule has 1 aliphatic carbocycles. The first-order chi connectivity index (χ1) is 8.33. The van der Waals surface area contributed by atoms with Crippen LogP contribution in [0.3, 0.4) is 0 Å². The van der Waals surface area contributed by atoms with Crippen LogP contribution in [-0.4, -0.2) is 11.2 Å². The van der Waals surface area contributed by atoms with Crippen LogP contribution in [0.4, 0.5) is 0 Å². The molecule has 1 nitrogen and oxygen atoms in total. The van der Waals surface area contributed by atoms with Gasteiger partial charge in [-0.15, -0.1) is 0 Å². The molecule has 17 heavy (non-hydrogen) atoms. The highest BCUT2D eigenvalue weighted by Gasteiger charge is 2.28. The van der Waals surface area contributed by atoms with Crippen LogP contribution in [0.5, 0.6) is 0 Å². The van der Waals surface area contributed by atoms with Gasteiger partial charge in [0.25, 0.3) is 0 Å². The third-order valence-corrected chi connectivity index (χ3v) is 4.21. The Bertz CT molecular complexity index is 314. The Morgan fingerprint density at radius 1 is 1.12 bits per heavy atom. The van der Waals surface area contributed by atoms with Crippen LogP contribution in [0.25, 0.3) is 0 Å². The predicted octanol–water partition coefficient (Wildman–Crippen LogP) is 4.12. The van der Waals surface area contributed by atoms with Crippen molar-refractivity contribution in [3.05, 3.63) is 35.9 Å². The van der Waals surface area contributed by atoms with Gasteiger partial charge in [-0.1, -0.05) is 56.5 Å². The lowest BCUT2D eigenvalue weighted by molar-refractivity contribution is 0.0589. The third-order valence-electron chi connectivity index (χ3n) is 4.21. The van der Waals surface area contributed by atoms with Gasteiger partial charge in [0.15, 0.2) is 0 Å². The zero-order valence-electron chi connectivity index (χ0n) is 10.8. The summed E-state index contributed by atoms with van der Waals surface area (Å²) in [5.41, 5.74) is 1.30. The molecule has 1 aromatic carbocycles. The van der Waals surface area contributed by atoms with E-state index in [0.29, 0.717) is 11.8 Å². The highest BCUT2D eigenvalue weighted by atomic mass is 16.3. The second-order valence-electron chi connectivity index (χ2n) is 5.31. The topological polar surface area (TPSA) is 20.2 Å². The first kappa shape index (κ1) is 12.6.